The summed E-state index contributed by atoms with van der Waals surface area (Å²) in [6.45, 7) is 1.46. The number of nitrogens with one attached hydrogen (secondary N) is 1. The number of likely N-dealkylation sites (N-methyl/N-ethyl adjacent to an activating group) is 1. The van der Waals surface area contributed by atoms with E-state index in [9.17, 15) is 15.3 Å². The molecule has 11 atom stereocenters. The molecule has 1 aliphatic carbocycles. The first-order valence-electron chi connectivity index (χ1n) is 10.6. The summed E-state index contributed by atoms with van der Waals surface area (Å²) in [5.41, 5.74) is 17.2. The number of ether oxygens (including phenoxy) is 4. The highest BCUT2D eigenvalue weighted by Gasteiger charge is 2.50. The smallest absolute Gasteiger partial charge is 0.215 e. The van der Waals surface area contributed by atoms with Crippen molar-refractivity contribution in [2.75, 3.05) is 13.7 Å². The number of hydrogen-bond acceptors (Lipinski definition) is 13. The van der Waals surface area contributed by atoms with E-state index in [-0.39, 0.29) is 13.0 Å². The van der Waals surface area contributed by atoms with Gasteiger partial charge in [0.25, 0.3) is 0 Å². The van der Waals surface area contributed by atoms with E-state index in [4.69, 9.17) is 42.0 Å². The molecule has 0 amide bonds. The summed E-state index contributed by atoms with van der Waals surface area (Å²) in [4.78, 5) is 0. The van der Waals surface area contributed by atoms with Crippen molar-refractivity contribution >= 4 is 6.21 Å². The fourth-order valence-corrected chi connectivity index (χ4v) is 4.43. The molecule has 2 heterocycles. The van der Waals surface area contributed by atoms with E-state index in [1.807, 2.05) is 0 Å². The molecule has 3 aliphatic rings. The van der Waals surface area contributed by atoms with Crippen LogP contribution in [0.2, 0.25) is 0 Å². The summed E-state index contributed by atoms with van der Waals surface area (Å²) < 4.78 is 23.0. The topological polar surface area (TPSA) is 226 Å². The van der Waals surface area contributed by atoms with Gasteiger partial charge in [-0.2, -0.15) is 5.10 Å². The van der Waals surface area contributed by atoms with Crippen molar-refractivity contribution < 1.29 is 34.3 Å². The fourth-order valence-electron chi connectivity index (χ4n) is 4.43. The molecule has 184 valence electrons. The molecule has 0 radical (unpaired) electrons. The van der Waals surface area contributed by atoms with Gasteiger partial charge in [0.1, 0.15) is 35.8 Å². The summed E-state index contributed by atoms with van der Waals surface area (Å²) in [7, 11) is 1.61. The van der Waals surface area contributed by atoms with Crippen LogP contribution in [0, 0.1) is 0 Å². The standard InChI is InChI=1S/C19H36N6O7/c1-19(28)7-29-18(13(27)16(19)24-2)32-15-11(22)5-10(21)14(12(15)26)31-17-9(20)4-3-8(30-17)6-25-23/h3,6,9-18,24,26-28H,4-5,7,20-23H2,1-2H3/b25-6-/t9-,10+,11-,12+,13-,14-,15+,16-,17-,18-,19+/m1/s1. The van der Waals surface area contributed by atoms with Crippen molar-refractivity contribution in [3.8, 4) is 0 Å². The molecule has 2 fully saturated rings. The molecule has 13 heteroatoms. The van der Waals surface area contributed by atoms with E-state index < -0.39 is 66.8 Å². The van der Waals surface area contributed by atoms with Crippen molar-refractivity contribution in [1.29, 1.82) is 0 Å². The van der Waals surface area contributed by atoms with Crippen LogP contribution >= 0.6 is 0 Å². The second-order valence-electron chi connectivity index (χ2n) is 8.82. The summed E-state index contributed by atoms with van der Waals surface area (Å²) in [6, 6.07) is -2.47. The third-order valence-electron chi connectivity index (χ3n) is 6.18. The number of hydrazone groups is 1. The minimum absolute atomic E-state index is 0.0830. The number of aliphatic hydroxyl groups excluding tert-OH is 2. The first-order chi connectivity index (χ1) is 15.1. The molecule has 1 saturated heterocycles. The number of nitrogens with two attached hydrogens (primary N) is 4. The summed E-state index contributed by atoms with van der Waals surface area (Å²) in [5.74, 6) is 5.57. The van der Waals surface area contributed by atoms with E-state index in [1.165, 1.54) is 6.21 Å². The highest BCUT2D eigenvalue weighted by molar-refractivity contribution is 5.75. The quantitative estimate of drug-likeness (QED) is 0.108. The largest absolute Gasteiger partial charge is 0.462 e. The van der Waals surface area contributed by atoms with Gasteiger partial charge in [0.2, 0.25) is 6.29 Å². The first-order valence-corrected chi connectivity index (χ1v) is 10.6. The molecule has 0 unspecified atom stereocenters. The number of hydrogen-bond donors (Lipinski definition) is 8. The molecule has 0 aromatic rings. The zero-order valence-electron chi connectivity index (χ0n) is 18.3. The fraction of sp³-hybridized carbons (Fsp3) is 0.842. The normalized spacial score (nSPS) is 47.8. The van der Waals surface area contributed by atoms with Gasteiger partial charge in [-0.1, -0.05) is 0 Å². The van der Waals surface area contributed by atoms with Gasteiger partial charge in [0.15, 0.2) is 6.29 Å². The Morgan fingerprint density at radius 3 is 2.34 bits per heavy atom. The lowest BCUT2D eigenvalue weighted by atomic mass is 9.84. The van der Waals surface area contributed by atoms with Crippen LogP contribution in [0.1, 0.15) is 19.8 Å². The van der Waals surface area contributed by atoms with E-state index in [2.05, 4.69) is 10.4 Å². The van der Waals surface area contributed by atoms with E-state index in [0.717, 1.165) is 0 Å². The molecule has 13 nitrogen and oxygen atoms in total. The van der Waals surface area contributed by atoms with E-state index in [0.29, 0.717) is 12.2 Å². The van der Waals surface area contributed by atoms with Crippen molar-refractivity contribution in [1.82, 2.24) is 5.32 Å². The monoisotopic (exact) mass is 460 g/mol. The molecule has 1 saturated carbocycles. The molecular weight excluding hydrogens is 424 g/mol. The van der Waals surface area contributed by atoms with Gasteiger partial charge < -0.3 is 62.6 Å². The molecule has 12 N–H and O–H groups in total. The highest BCUT2D eigenvalue weighted by atomic mass is 16.7. The first kappa shape index (κ1) is 25.2. The maximum absolute atomic E-state index is 11.0. The van der Waals surface area contributed by atoms with Crippen LogP contribution < -0.4 is 28.4 Å². The molecule has 0 spiro atoms. The Morgan fingerprint density at radius 2 is 1.75 bits per heavy atom. The lowest BCUT2D eigenvalue weighted by Crippen LogP contribution is -2.68. The number of nitrogens with zero attached hydrogens (tertiary/aromatic N) is 1. The number of aliphatic hydroxyl groups is 3. The van der Waals surface area contributed by atoms with Gasteiger partial charge in [-0.05, 0) is 32.9 Å². The number of allylic oxidation sites excluding steroid dienone is 1. The third-order valence-corrected chi connectivity index (χ3v) is 6.18. The average molecular weight is 461 g/mol. The molecule has 0 bridgehead atoms. The van der Waals surface area contributed by atoms with Gasteiger partial charge in [-0.15, -0.1) is 0 Å². The Balaban J connectivity index is 1.70. The minimum atomic E-state index is -1.30. The molecule has 0 aromatic heterocycles. The summed E-state index contributed by atoms with van der Waals surface area (Å²) >= 11 is 0. The van der Waals surface area contributed by atoms with Crippen LogP contribution in [0.4, 0.5) is 0 Å². The maximum Gasteiger partial charge on any atom is 0.215 e. The van der Waals surface area contributed by atoms with Crippen molar-refractivity contribution in [3.63, 3.8) is 0 Å². The van der Waals surface area contributed by atoms with Crippen molar-refractivity contribution in [2.24, 2.45) is 28.1 Å². The molecule has 0 aromatic carbocycles. The van der Waals surface area contributed by atoms with Crippen molar-refractivity contribution in [2.45, 2.75) is 86.5 Å². The zero-order valence-corrected chi connectivity index (χ0v) is 18.3. The van der Waals surface area contributed by atoms with Gasteiger partial charge >= 0.3 is 0 Å². The zero-order chi connectivity index (χ0) is 23.6. The predicted molar refractivity (Wildman–Crippen MR) is 114 cm³/mol. The maximum atomic E-state index is 11.0. The van der Waals surface area contributed by atoms with Gasteiger partial charge in [0, 0.05) is 12.1 Å². The Hall–Kier alpha value is -1.39. The molecule has 2 aliphatic heterocycles. The Kier molecular flexibility index (Phi) is 8.09. The van der Waals surface area contributed by atoms with Gasteiger partial charge in [0.05, 0.1) is 24.9 Å². The average Bonchev–Trinajstić information content (AvgIpc) is 2.72. The van der Waals surface area contributed by atoms with Crippen LogP contribution in [0.15, 0.2) is 16.9 Å². The minimum Gasteiger partial charge on any atom is -0.462 e. The van der Waals surface area contributed by atoms with Crippen LogP contribution in [0.3, 0.4) is 0 Å². The summed E-state index contributed by atoms with van der Waals surface area (Å²) in [6.07, 6.45) is -2.57. The van der Waals surface area contributed by atoms with Crippen LogP contribution in [0.25, 0.3) is 0 Å². The van der Waals surface area contributed by atoms with E-state index in [1.54, 1.807) is 20.0 Å². The van der Waals surface area contributed by atoms with E-state index >= 15 is 0 Å². The van der Waals surface area contributed by atoms with Crippen LogP contribution in [-0.4, -0.2) is 102 Å². The molecular formula is C19H36N6O7. The second-order valence-corrected chi connectivity index (χ2v) is 8.82. The predicted octanol–water partition coefficient (Wildman–Crippen LogP) is -3.87. The lowest BCUT2D eigenvalue weighted by molar-refractivity contribution is -0.302. The second kappa shape index (κ2) is 10.3. The molecule has 3 rings (SSSR count). The van der Waals surface area contributed by atoms with Crippen LogP contribution in [0.5, 0.6) is 0 Å². The highest BCUT2D eigenvalue weighted by Crippen LogP contribution is 2.31. The summed E-state index contributed by atoms with van der Waals surface area (Å²) in [5, 5.41) is 38.4. The van der Waals surface area contributed by atoms with Gasteiger partial charge in [-0.25, -0.2) is 0 Å². The Bertz CT molecular complexity index is 695. The van der Waals surface area contributed by atoms with Gasteiger partial charge in [-0.3, -0.25) is 0 Å². The number of rotatable bonds is 6. The lowest BCUT2D eigenvalue weighted by Gasteiger charge is -2.48. The Morgan fingerprint density at radius 1 is 1.12 bits per heavy atom. The third kappa shape index (κ3) is 5.22. The SMILES string of the molecule is CN[C@@H]1[C@@H](O)[C@@H](O[C@@H]2[C@@H](O)[C@H](O[C@H]3OC(/C=N\N)=CC[C@H]3N)[C@@H](N)C[C@H]2N)OC[C@]1(C)O. The van der Waals surface area contributed by atoms with Crippen molar-refractivity contribution in [3.05, 3.63) is 11.8 Å². The van der Waals surface area contributed by atoms with Crippen LogP contribution in [-0.2, 0) is 18.9 Å². The molecule has 32 heavy (non-hydrogen) atoms. The Labute approximate surface area is 186 Å².